The van der Waals surface area contributed by atoms with Gasteiger partial charge in [0.2, 0.25) is 0 Å². The van der Waals surface area contributed by atoms with E-state index in [0.29, 0.717) is 42.0 Å². The quantitative estimate of drug-likeness (QED) is 0.731. The number of carbonyl (C=O) groups excluding carboxylic acids is 1. The Morgan fingerprint density at radius 1 is 1.39 bits per heavy atom. The van der Waals surface area contributed by atoms with Gasteiger partial charge in [-0.15, -0.1) is 12.4 Å². The lowest BCUT2D eigenvalue weighted by Crippen LogP contribution is -2.40. The van der Waals surface area contributed by atoms with Crippen molar-refractivity contribution in [1.82, 2.24) is 5.32 Å². The van der Waals surface area contributed by atoms with E-state index in [1.54, 1.807) is 25.3 Å². The number of benzene rings is 1. The molecule has 0 bridgehead atoms. The minimum atomic E-state index is -0.166. The molecular formula is C16H24Cl2N2O3. The molecule has 0 aromatic heterocycles. The van der Waals surface area contributed by atoms with Gasteiger partial charge in [0, 0.05) is 18.2 Å². The third-order valence-electron chi connectivity index (χ3n) is 4.01. The molecular weight excluding hydrogens is 339 g/mol. The molecule has 0 saturated heterocycles. The third-order valence-corrected chi connectivity index (χ3v) is 4.24. The highest BCUT2D eigenvalue weighted by Gasteiger charge is 2.28. The number of rotatable bonds is 7. The summed E-state index contributed by atoms with van der Waals surface area (Å²) >= 11 is 6.01. The highest BCUT2D eigenvalue weighted by Crippen LogP contribution is 2.27. The maximum absolute atomic E-state index is 12.5. The van der Waals surface area contributed by atoms with Gasteiger partial charge in [-0.1, -0.05) is 18.0 Å². The highest BCUT2D eigenvalue weighted by atomic mass is 35.5. The second-order valence-electron chi connectivity index (χ2n) is 5.49. The first-order valence-corrected chi connectivity index (χ1v) is 7.95. The van der Waals surface area contributed by atoms with E-state index >= 15 is 0 Å². The molecule has 130 valence electrons. The van der Waals surface area contributed by atoms with Crippen molar-refractivity contribution in [2.75, 3.05) is 26.9 Å². The summed E-state index contributed by atoms with van der Waals surface area (Å²) in [6.07, 6.45) is 3.13. The van der Waals surface area contributed by atoms with Crippen molar-refractivity contribution in [3.05, 3.63) is 28.8 Å². The molecule has 0 spiro atoms. The first kappa shape index (κ1) is 20.0. The molecule has 1 aliphatic rings. The Labute approximate surface area is 148 Å². The van der Waals surface area contributed by atoms with E-state index in [0.717, 1.165) is 19.3 Å². The third kappa shape index (κ3) is 5.53. The fraction of sp³-hybridized carbons (Fsp3) is 0.562. The van der Waals surface area contributed by atoms with E-state index in [1.807, 2.05) is 0 Å². The van der Waals surface area contributed by atoms with Crippen molar-refractivity contribution in [3.8, 4) is 5.75 Å². The second kappa shape index (κ2) is 9.98. The van der Waals surface area contributed by atoms with Crippen LogP contribution in [-0.4, -0.2) is 38.8 Å². The van der Waals surface area contributed by atoms with E-state index in [2.05, 4.69) is 5.32 Å². The number of hydrogen-bond donors (Lipinski definition) is 2. The van der Waals surface area contributed by atoms with Crippen LogP contribution in [0.15, 0.2) is 18.2 Å². The van der Waals surface area contributed by atoms with Crippen LogP contribution in [0.1, 0.15) is 29.6 Å². The van der Waals surface area contributed by atoms with Gasteiger partial charge in [0.1, 0.15) is 12.4 Å². The average molecular weight is 363 g/mol. The van der Waals surface area contributed by atoms with Gasteiger partial charge in [0.15, 0.2) is 0 Å². The molecule has 7 heteroatoms. The molecule has 1 fully saturated rings. The minimum absolute atomic E-state index is 0. The molecule has 1 aromatic rings. The van der Waals surface area contributed by atoms with Crippen molar-refractivity contribution in [2.24, 2.45) is 11.7 Å². The number of nitrogens with two attached hydrogens (primary N) is 1. The van der Waals surface area contributed by atoms with Gasteiger partial charge < -0.3 is 20.5 Å². The van der Waals surface area contributed by atoms with Crippen molar-refractivity contribution in [3.63, 3.8) is 0 Å². The predicted octanol–water partition coefficient (Wildman–Crippen LogP) is 2.64. The first-order chi connectivity index (χ1) is 10.7. The molecule has 1 amide bonds. The highest BCUT2D eigenvalue weighted by molar-refractivity contribution is 6.31. The topological polar surface area (TPSA) is 73.6 Å². The van der Waals surface area contributed by atoms with Crippen LogP contribution in [0, 0.1) is 5.92 Å². The Bertz CT molecular complexity index is 514. The maximum Gasteiger partial charge on any atom is 0.255 e. The molecule has 1 saturated carbocycles. The van der Waals surface area contributed by atoms with Crippen LogP contribution in [0.4, 0.5) is 0 Å². The lowest BCUT2D eigenvalue weighted by Gasteiger charge is -2.20. The van der Waals surface area contributed by atoms with E-state index in [1.165, 1.54) is 0 Å². The number of nitrogens with one attached hydrogen (secondary N) is 1. The standard InChI is InChI=1S/C16H23ClN2O3.ClH/c1-21-7-8-22-15-6-5-12(17)9-13(15)16(20)19-14-4-2-3-11(14)10-18;/h5-6,9,11,14H,2-4,7-8,10,18H2,1H3,(H,19,20);1H. The van der Waals surface area contributed by atoms with E-state index in [9.17, 15) is 4.79 Å². The molecule has 0 radical (unpaired) electrons. The van der Waals surface area contributed by atoms with Gasteiger partial charge in [-0.25, -0.2) is 0 Å². The van der Waals surface area contributed by atoms with Gasteiger partial charge >= 0.3 is 0 Å². The molecule has 0 aliphatic heterocycles. The van der Waals surface area contributed by atoms with E-state index in [-0.39, 0.29) is 24.4 Å². The smallest absolute Gasteiger partial charge is 0.255 e. The van der Waals surface area contributed by atoms with Crippen LogP contribution in [0.25, 0.3) is 0 Å². The van der Waals surface area contributed by atoms with Gasteiger partial charge in [-0.2, -0.15) is 0 Å². The summed E-state index contributed by atoms with van der Waals surface area (Å²) < 4.78 is 10.6. The zero-order chi connectivity index (χ0) is 15.9. The first-order valence-electron chi connectivity index (χ1n) is 7.58. The Kier molecular flexibility index (Phi) is 8.69. The summed E-state index contributed by atoms with van der Waals surface area (Å²) in [6, 6.07) is 5.18. The van der Waals surface area contributed by atoms with Gasteiger partial charge in [-0.05, 0) is 43.5 Å². The average Bonchev–Trinajstić information content (AvgIpc) is 2.96. The number of hydrogen-bond acceptors (Lipinski definition) is 4. The number of methoxy groups -OCH3 is 1. The SMILES string of the molecule is COCCOc1ccc(Cl)cc1C(=O)NC1CCCC1CN.Cl. The van der Waals surface area contributed by atoms with Crippen LogP contribution in [0.5, 0.6) is 5.75 Å². The van der Waals surface area contributed by atoms with Crippen LogP contribution in [0.2, 0.25) is 5.02 Å². The molecule has 23 heavy (non-hydrogen) atoms. The van der Waals surface area contributed by atoms with Gasteiger partial charge in [0.05, 0.1) is 12.2 Å². The predicted molar refractivity (Wildman–Crippen MR) is 93.7 cm³/mol. The fourth-order valence-electron chi connectivity index (χ4n) is 2.80. The van der Waals surface area contributed by atoms with Crippen LogP contribution < -0.4 is 15.8 Å². The summed E-state index contributed by atoms with van der Waals surface area (Å²) in [5.74, 6) is 0.697. The summed E-state index contributed by atoms with van der Waals surface area (Å²) in [5.41, 5.74) is 6.21. The fourth-order valence-corrected chi connectivity index (χ4v) is 2.97. The van der Waals surface area contributed by atoms with Crippen LogP contribution >= 0.6 is 24.0 Å². The van der Waals surface area contributed by atoms with Gasteiger partial charge in [0.25, 0.3) is 5.91 Å². The Hall–Kier alpha value is -1.01. The zero-order valence-corrected chi connectivity index (χ0v) is 14.8. The normalized spacial score (nSPS) is 20.0. The molecule has 2 unspecified atom stereocenters. The zero-order valence-electron chi connectivity index (χ0n) is 13.2. The Morgan fingerprint density at radius 3 is 2.87 bits per heavy atom. The molecule has 5 nitrogen and oxygen atoms in total. The minimum Gasteiger partial charge on any atom is -0.490 e. The molecule has 1 aromatic carbocycles. The van der Waals surface area contributed by atoms with Crippen LogP contribution in [-0.2, 0) is 4.74 Å². The molecule has 1 aliphatic carbocycles. The Balaban J connectivity index is 0.00000264. The van der Waals surface area contributed by atoms with Crippen LogP contribution in [0.3, 0.4) is 0 Å². The lowest BCUT2D eigenvalue weighted by atomic mass is 10.0. The number of amides is 1. The molecule has 0 heterocycles. The monoisotopic (exact) mass is 362 g/mol. The lowest BCUT2D eigenvalue weighted by molar-refractivity contribution is 0.0921. The number of ether oxygens (including phenoxy) is 2. The molecule has 3 N–H and O–H groups in total. The Morgan fingerprint density at radius 2 is 2.17 bits per heavy atom. The molecule has 2 atom stereocenters. The van der Waals surface area contributed by atoms with Crippen molar-refractivity contribution in [1.29, 1.82) is 0 Å². The summed E-state index contributed by atoms with van der Waals surface area (Å²) in [5, 5.41) is 3.57. The number of halogens is 2. The van der Waals surface area contributed by atoms with E-state index < -0.39 is 0 Å². The second-order valence-corrected chi connectivity index (χ2v) is 5.92. The van der Waals surface area contributed by atoms with Crippen molar-refractivity contribution in [2.45, 2.75) is 25.3 Å². The summed E-state index contributed by atoms with van der Waals surface area (Å²) in [4.78, 5) is 12.5. The van der Waals surface area contributed by atoms with E-state index in [4.69, 9.17) is 26.8 Å². The number of carbonyl (C=O) groups is 1. The van der Waals surface area contributed by atoms with Crippen molar-refractivity contribution >= 4 is 29.9 Å². The summed E-state index contributed by atoms with van der Waals surface area (Å²) in [6.45, 7) is 1.44. The van der Waals surface area contributed by atoms with Gasteiger partial charge in [-0.3, -0.25) is 4.79 Å². The largest absolute Gasteiger partial charge is 0.490 e. The maximum atomic E-state index is 12.5. The summed E-state index contributed by atoms with van der Waals surface area (Å²) in [7, 11) is 1.60. The van der Waals surface area contributed by atoms with Crippen molar-refractivity contribution < 1.29 is 14.3 Å². The molecule has 2 rings (SSSR count).